The van der Waals surface area contributed by atoms with Gasteiger partial charge in [-0.05, 0) is 75.9 Å². The molecule has 0 bridgehead atoms. The standard InChI is InChI=1S/C13H16Br2O2S/c14-9-6-10(18-12(9)15)11(16)8-2-5-17-13(7-8)3-1-4-13/h6,8,11,16H,1-5,7H2. The second-order valence-corrected chi connectivity index (χ2v) is 8.61. The molecular weight excluding hydrogens is 380 g/mol. The van der Waals surface area contributed by atoms with Crippen molar-refractivity contribution in [3.8, 4) is 0 Å². The van der Waals surface area contributed by atoms with E-state index in [0.29, 0.717) is 5.92 Å². The van der Waals surface area contributed by atoms with Gasteiger partial charge in [0.25, 0.3) is 0 Å². The van der Waals surface area contributed by atoms with Gasteiger partial charge in [-0.15, -0.1) is 11.3 Å². The Bertz CT molecular complexity index is 423. The Morgan fingerprint density at radius 3 is 2.78 bits per heavy atom. The van der Waals surface area contributed by atoms with Crippen molar-refractivity contribution >= 4 is 43.2 Å². The zero-order valence-electron chi connectivity index (χ0n) is 9.99. The van der Waals surface area contributed by atoms with Crippen LogP contribution < -0.4 is 0 Å². The Labute approximate surface area is 128 Å². The lowest BCUT2D eigenvalue weighted by atomic mass is 9.71. The van der Waals surface area contributed by atoms with Crippen LogP contribution >= 0.6 is 43.2 Å². The van der Waals surface area contributed by atoms with E-state index >= 15 is 0 Å². The van der Waals surface area contributed by atoms with Gasteiger partial charge >= 0.3 is 0 Å². The predicted molar refractivity (Wildman–Crippen MR) is 79.9 cm³/mol. The van der Waals surface area contributed by atoms with E-state index in [9.17, 15) is 5.11 Å². The van der Waals surface area contributed by atoms with Crippen LogP contribution in [0.2, 0.25) is 0 Å². The third-order valence-corrected chi connectivity index (χ3v) is 7.53. The van der Waals surface area contributed by atoms with Gasteiger partial charge in [0.15, 0.2) is 0 Å². The number of aliphatic hydroxyl groups excluding tert-OH is 1. The van der Waals surface area contributed by atoms with Gasteiger partial charge in [-0.3, -0.25) is 0 Å². The highest BCUT2D eigenvalue weighted by molar-refractivity contribution is 9.13. The van der Waals surface area contributed by atoms with E-state index in [1.54, 1.807) is 11.3 Å². The Kier molecular flexibility index (Phi) is 3.89. The van der Waals surface area contributed by atoms with Crippen LogP contribution in [0, 0.1) is 5.92 Å². The maximum Gasteiger partial charge on any atom is 0.0912 e. The van der Waals surface area contributed by atoms with Gasteiger partial charge in [-0.1, -0.05) is 0 Å². The summed E-state index contributed by atoms with van der Waals surface area (Å²) >= 11 is 8.60. The number of halogens is 2. The maximum absolute atomic E-state index is 10.5. The average molecular weight is 396 g/mol. The number of thiophene rings is 1. The van der Waals surface area contributed by atoms with E-state index in [-0.39, 0.29) is 11.7 Å². The summed E-state index contributed by atoms with van der Waals surface area (Å²) in [5, 5.41) is 10.5. The van der Waals surface area contributed by atoms with Crippen molar-refractivity contribution in [2.24, 2.45) is 5.92 Å². The predicted octanol–water partition coefficient (Wildman–Crippen LogP) is 4.66. The summed E-state index contributed by atoms with van der Waals surface area (Å²) in [4.78, 5) is 1.05. The van der Waals surface area contributed by atoms with Crippen LogP contribution in [-0.4, -0.2) is 17.3 Å². The summed E-state index contributed by atoms with van der Waals surface area (Å²) in [5.41, 5.74) is 0.107. The minimum absolute atomic E-state index is 0.107. The Morgan fingerprint density at radius 1 is 1.44 bits per heavy atom. The Balaban J connectivity index is 1.73. The van der Waals surface area contributed by atoms with E-state index in [1.807, 2.05) is 6.07 Å². The summed E-state index contributed by atoms with van der Waals surface area (Å²) in [7, 11) is 0. The molecular formula is C13H16Br2O2S. The molecule has 2 nitrogen and oxygen atoms in total. The molecule has 100 valence electrons. The largest absolute Gasteiger partial charge is 0.387 e. The normalized spacial score (nSPS) is 28.1. The third-order valence-electron chi connectivity index (χ3n) is 4.20. The van der Waals surface area contributed by atoms with Crippen LogP contribution in [0.1, 0.15) is 43.1 Å². The summed E-state index contributed by atoms with van der Waals surface area (Å²) in [6, 6.07) is 2.03. The summed E-state index contributed by atoms with van der Waals surface area (Å²) < 4.78 is 8.01. The van der Waals surface area contributed by atoms with Crippen LogP contribution in [0.25, 0.3) is 0 Å². The van der Waals surface area contributed by atoms with Gasteiger partial charge in [0.2, 0.25) is 0 Å². The molecule has 1 aliphatic heterocycles. The van der Waals surface area contributed by atoms with Crippen LogP contribution in [0.5, 0.6) is 0 Å². The van der Waals surface area contributed by atoms with Gasteiger partial charge in [-0.25, -0.2) is 0 Å². The van der Waals surface area contributed by atoms with Crippen molar-refractivity contribution in [1.82, 2.24) is 0 Å². The highest BCUT2D eigenvalue weighted by Gasteiger charge is 2.44. The molecule has 5 heteroatoms. The van der Waals surface area contributed by atoms with E-state index < -0.39 is 0 Å². The molecule has 0 amide bonds. The highest BCUT2D eigenvalue weighted by Crippen LogP contribution is 2.48. The molecule has 2 heterocycles. The van der Waals surface area contributed by atoms with Crippen molar-refractivity contribution in [3.05, 3.63) is 19.2 Å². The average Bonchev–Trinajstić information content (AvgIpc) is 2.67. The lowest BCUT2D eigenvalue weighted by Crippen LogP contribution is -2.46. The van der Waals surface area contributed by atoms with Crippen molar-refractivity contribution in [2.45, 2.75) is 43.8 Å². The first kappa shape index (κ1) is 13.6. The second kappa shape index (κ2) is 5.17. The fourth-order valence-electron chi connectivity index (χ4n) is 3.00. The first-order valence-corrected chi connectivity index (χ1v) is 8.77. The molecule has 0 radical (unpaired) electrons. The monoisotopic (exact) mass is 394 g/mol. The molecule has 2 fully saturated rings. The van der Waals surface area contributed by atoms with Crippen LogP contribution in [0.4, 0.5) is 0 Å². The molecule has 1 spiro atoms. The van der Waals surface area contributed by atoms with Crippen molar-refractivity contribution in [2.75, 3.05) is 6.61 Å². The summed E-state index contributed by atoms with van der Waals surface area (Å²) in [5.74, 6) is 0.344. The number of rotatable bonds is 2. The molecule has 1 N–H and O–H groups in total. The molecule has 1 saturated carbocycles. The van der Waals surface area contributed by atoms with Gasteiger partial charge in [0, 0.05) is 16.0 Å². The summed E-state index contributed by atoms with van der Waals surface area (Å²) in [6.07, 6.45) is 5.26. The van der Waals surface area contributed by atoms with Crippen LogP contribution in [0.3, 0.4) is 0 Å². The first-order chi connectivity index (χ1) is 8.60. The molecule has 1 aromatic rings. The molecule has 0 aromatic carbocycles. The third kappa shape index (κ3) is 2.44. The number of hydrogen-bond acceptors (Lipinski definition) is 3. The zero-order valence-corrected chi connectivity index (χ0v) is 14.0. The van der Waals surface area contributed by atoms with E-state index in [0.717, 1.165) is 32.6 Å². The molecule has 2 unspecified atom stereocenters. The molecule has 2 aliphatic rings. The van der Waals surface area contributed by atoms with Gasteiger partial charge < -0.3 is 9.84 Å². The maximum atomic E-state index is 10.5. The Hall–Kier alpha value is 0.580. The van der Waals surface area contributed by atoms with Gasteiger partial charge in [0.05, 0.1) is 15.5 Å². The van der Waals surface area contributed by atoms with Crippen molar-refractivity contribution in [1.29, 1.82) is 0 Å². The topological polar surface area (TPSA) is 29.5 Å². The Morgan fingerprint density at radius 2 is 2.22 bits per heavy atom. The van der Waals surface area contributed by atoms with Crippen molar-refractivity contribution in [3.63, 3.8) is 0 Å². The van der Waals surface area contributed by atoms with Crippen LogP contribution in [-0.2, 0) is 4.74 Å². The fraction of sp³-hybridized carbons (Fsp3) is 0.692. The SMILES string of the molecule is OC(c1cc(Br)c(Br)s1)C1CCOC2(CCC2)C1. The fourth-order valence-corrected chi connectivity index (χ4v) is 5.17. The first-order valence-electron chi connectivity index (χ1n) is 6.36. The second-order valence-electron chi connectivity index (χ2n) is 5.35. The number of aliphatic hydroxyl groups is 1. The molecule has 2 atom stereocenters. The quantitative estimate of drug-likeness (QED) is 0.789. The molecule has 18 heavy (non-hydrogen) atoms. The zero-order chi connectivity index (χ0) is 12.8. The van der Waals surface area contributed by atoms with Crippen LogP contribution in [0.15, 0.2) is 14.3 Å². The number of hydrogen-bond donors (Lipinski definition) is 1. The van der Waals surface area contributed by atoms with Crippen molar-refractivity contribution < 1.29 is 9.84 Å². The smallest absolute Gasteiger partial charge is 0.0912 e. The molecule has 1 saturated heterocycles. The lowest BCUT2D eigenvalue weighted by molar-refractivity contribution is -0.157. The number of ether oxygens (including phenoxy) is 1. The molecule has 1 aromatic heterocycles. The molecule has 3 rings (SSSR count). The van der Waals surface area contributed by atoms with E-state index in [1.165, 1.54) is 19.3 Å². The van der Waals surface area contributed by atoms with Gasteiger partial charge in [-0.2, -0.15) is 0 Å². The lowest BCUT2D eigenvalue weighted by Gasteiger charge is -2.48. The summed E-state index contributed by atoms with van der Waals surface area (Å²) in [6.45, 7) is 0.801. The minimum atomic E-state index is -0.348. The van der Waals surface area contributed by atoms with Gasteiger partial charge in [0.1, 0.15) is 0 Å². The molecule has 1 aliphatic carbocycles. The van der Waals surface area contributed by atoms with E-state index in [2.05, 4.69) is 31.9 Å². The minimum Gasteiger partial charge on any atom is -0.387 e. The highest BCUT2D eigenvalue weighted by atomic mass is 79.9. The van der Waals surface area contributed by atoms with E-state index in [4.69, 9.17) is 4.74 Å².